The van der Waals surface area contributed by atoms with Gasteiger partial charge in [-0.3, -0.25) is 19.1 Å². The second-order valence-electron chi connectivity index (χ2n) is 7.04. The number of hydrogen-bond donors (Lipinski definition) is 1. The molecule has 0 radical (unpaired) electrons. The molecule has 1 aliphatic rings. The Balaban J connectivity index is 1.35. The number of aryl methyl sites for hydroxylation is 1. The molecule has 2 atom stereocenters. The van der Waals surface area contributed by atoms with Crippen molar-refractivity contribution in [2.45, 2.75) is 25.4 Å². The lowest BCUT2D eigenvalue weighted by Gasteiger charge is -2.19. The minimum absolute atomic E-state index is 0.0212. The van der Waals surface area contributed by atoms with Crippen molar-refractivity contribution >= 4 is 16.8 Å². The number of nitrogens with one attached hydrogen (secondary N) is 1. The Morgan fingerprint density at radius 2 is 2.00 bits per heavy atom. The average molecular weight is 378 g/mol. The zero-order valence-electron chi connectivity index (χ0n) is 15.5. The van der Waals surface area contributed by atoms with Gasteiger partial charge < -0.3 is 10.1 Å². The van der Waals surface area contributed by atoms with Gasteiger partial charge >= 0.3 is 0 Å². The second-order valence-corrected chi connectivity index (χ2v) is 7.04. The maximum Gasteiger partial charge on any atom is 0.261 e. The number of hydrogen-bond acceptors (Lipinski definition) is 5. The second kappa shape index (κ2) is 8.31. The third-order valence-electron chi connectivity index (χ3n) is 5.10. The Bertz CT molecular complexity index is 1020. The predicted octanol–water partition coefficient (Wildman–Crippen LogP) is 1.56. The summed E-state index contributed by atoms with van der Waals surface area (Å²) in [6, 6.07) is 11.2. The van der Waals surface area contributed by atoms with E-state index in [-0.39, 0.29) is 29.8 Å². The number of pyridine rings is 1. The lowest BCUT2D eigenvalue weighted by Crippen LogP contribution is -2.41. The van der Waals surface area contributed by atoms with Crippen molar-refractivity contribution in [2.24, 2.45) is 5.92 Å². The van der Waals surface area contributed by atoms with E-state index in [9.17, 15) is 9.59 Å². The summed E-state index contributed by atoms with van der Waals surface area (Å²) in [5, 5.41) is 3.62. The SMILES string of the molecule is O=C(CCn1cnc2ccccc2c1=O)N[C@H]1COC[C@H]1Cc1ccncc1. The number of rotatable bonds is 6. The standard InChI is InChI=1S/C21H22N4O3/c26-20(7-10-25-14-23-18-4-2-1-3-17(18)21(25)27)24-19-13-28-12-16(19)11-15-5-8-22-9-6-15/h1-6,8-9,14,16,19H,7,10-13H2,(H,24,26)/t16-,19+/m1/s1. The first-order valence-electron chi connectivity index (χ1n) is 9.41. The molecule has 1 aromatic carbocycles. The van der Waals surface area contributed by atoms with Gasteiger partial charge in [-0.2, -0.15) is 0 Å². The smallest absolute Gasteiger partial charge is 0.261 e. The molecular weight excluding hydrogens is 356 g/mol. The molecule has 2 aromatic heterocycles. The molecule has 1 saturated heterocycles. The molecule has 1 amide bonds. The highest BCUT2D eigenvalue weighted by Gasteiger charge is 2.29. The van der Waals surface area contributed by atoms with Crippen LogP contribution in [0.2, 0.25) is 0 Å². The molecule has 3 heterocycles. The van der Waals surface area contributed by atoms with Crippen LogP contribution in [-0.4, -0.2) is 39.7 Å². The summed E-state index contributed by atoms with van der Waals surface area (Å²) in [6.07, 6.45) is 6.10. The van der Waals surface area contributed by atoms with Crippen molar-refractivity contribution in [3.8, 4) is 0 Å². The zero-order chi connectivity index (χ0) is 19.3. The maximum absolute atomic E-state index is 12.5. The summed E-state index contributed by atoms with van der Waals surface area (Å²) >= 11 is 0. The summed E-state index contributed by atoms with van der Waals surface area (Å²) in [5.74, 6) is 0.145. The van der Waals surface area contributed by atoms with Gasteiger partial charge in [-0.1, -0.05) is 12.1 Å². The quantitative estimate of drug-likeness (QED) is 0.703. The first-order valence-corrected chi connectivity index (χ1v) is 9.41. The number of fused-ring (bicyclic) bond motifs is 1. The highest BCUT2D eigenvalue weighted by Crippen LogP contribution is 2.19. The van der Waals surface area contributed by atoms with E-state index in [0.717, 1.165) is 6.42 Å². The van der Waals surface area contributed by atoms with E-state index >= 15 is 0 Å². The molecule has 7 heteroatoms. The highest BCUT2D eigenvalue weighted by molar-refractivity contribution is 5.77. The fourth-order valence-electron chi connectivity index (χ4n) is 3.55. The first-order chi connectivity index (χ1) is 13.7. The van der Waals surface area contributed by atoms with E-state index in [1.54, 1.807) is 24.5 Å². The molecule has 0 bridgehead atoms. The third kappa shape index (κ3) is 4.09. The topological polar surface area (TPSA) is 86.1 Å². The molecule has 0 spiro atoms. The number of ether oxygens (including phenoxy) is 1. The normalized spacial score (nSPS) is 19.0. The van der Waals surface area contributed by atoms with Crippen LogP contribution < -0.4 is 10.9 Å². The van der Waals surface area contributed by atoms with Crippen molar-refractivity contribution < 1.29 is 9.53 Å². The van der Waals surface area contributed by atoms with Crippen molar-refractivity contribution in [2.75, 3.05) is 13.2 Å². The summed E-state index contributed by atoms with van der Waals surface area (Å²) in [7, 11) is 0. The number of amides is 1. The van der Waals surface area contributed by atoms with Gasteiger partial charge in [0, 0.05) is 31.3 Å². The van der Waals surface area contributed by atoms with Gasteiger partial charge in [-0.05, 0) is 36.2 Å². The van der Waals surface area contributed by atoms with E-state index in [4.69, 9.17) is 4.74 Å². The Kier molecular flexibility index (Phi) is 5.43. The van der Waals surface area contributed by atoms with E-state index in [0.29, 0.717) is 30.7 Å². The molecule has 1 fully saturated rings. The summed E-state index contributed by atoms with van der Waals surface area (Å²) < 4.78 is 7.06. The van der Waals surface area contributed by atoms with Crippen LogP contribution in [0.25, 0.3) is 10.9 Å². The Hall–Kier alpha value is -3.06. The van der Waals surface area contributed by atoms with Crippen LogP contribution in [0.1, 0.15) is 12.0 Å². The lowest BCUT2D eigenvalue weighted by atomic mass is 9.95. The number of carbonyl (C=O) groups is 1. The monoisotopic (exact) mass is 378 g/mol. The lowest BCUT2D eigenvalue weighted by molar-refractivity contribution is -0.122. The fraction of sp³-hybridized carbons (Fsp3) is 0.333. The summed E-state index contributed by atoms with van der Waals surface area (Å²) in [5.41, 5.74) is 1.71. The van der Waals surface area contributed by atoms with E-state index < -0.39 is 0 Å². The van der Waals surface area contributed by atoms with E-state index in [1.807, 2.05) is 24.3 Å². The third-order valence-corrected chi connectivity index (χ3v) is 5.10. The molecule has 3 aromatic rings. The van der Waals surface area contributed by atoms with Crippen LogP contribution in [0, 0.1) is 5.92 Å². The van der Waals surface area contributed by atoms with Gasteiger partial charge in [0.05, 0.1) is 36.5 Å². The van der Waals surface area contributed by atoms with Crippen molar-refractivity contribution in [3.63, 3.8) is 0 Å². The van der Waals surface area contributed by atoms with Crippen LogP contribution in [0.15, 0.2) is 59.9 Å². The Morgan fingerprint density at radius 1 is 1.18 bits per heavy atom. The Labute approximate surface area is 162 Å². The number of para-hydroxylation sites is 1. The van der Waals surface area contributed by atoms with E-state index in [2.05, 4.69) is 15.3 Å². The number of nitrogens with zero attached hydrogens (tertiary/aromatic N) is 3. The summed E-state index contributed by atoms with van der Waals surface area (Å²) in [4.78, 5) is 33.3. The van der Waals surface area contributed by atoms with Gasteiger partial charge in [0.2, 0.25) is 5.91 Å². The minimum Gasteiger partial charge on any atom is -0.379 e. The van der Waals surface area contributed by atoms with Crippen LogP contribution in [0.5, 0.6) is 0 Å². The number of benzene rings is 1. The van der Waals surface area contributed by atoms with Crippen molar-refractivity contribution in [1.82, 2.24) is 19.9 Å². The largest absolute Gasteiger partial charge is 0.379 e. The minimum atomic E-state index is -0.127. The molecule has 28 heavy (non-hydrogen) atoms. The van der Waals surface area contributed by atoms with Crippen LogP contribution in [0.4, 0.5) is 0 Å². The summed E-state index contributed by atoms with van der Waals surface area (Å²) in [6.45, 7) is 1.44. The van der Waals surface area contributed by atoms with Crippen LogP contribution in [-0.2, 0) is 22.5 Å². The van der Waals surface area contributed by atoms with Gasteiger partial charge in [0.25, 0.3) is 5.56 Å². The molecule has 0 unspecified atom stereocenters. The van der Waals surface area contributed by atoms with Crippen LogP contribution >= 0.6 is 0 Å². The zero-order valence-corrected chi connectivity index (χ0v) is 15.5. The molecule has 144 valence electrons. The average Bonchev–Trinajstić information content (AvgIpc) is 3.15. The van der Waals surface area contributed by atoms with Crippen LogP contribution in [0.3, 0.4) is 0 Å². The molecule has 1 aliphatic heterocycles. The van der Waals surface area contributed by atoms with Gasteiger partial charge in [-0.15, -0.1) is 0 Å². The molecule has 4 rings (SSSR count). The van der Waals surface area contributed by atoms with Gasteiger partial charge in [0.1, 0.15) is 0 Å². The molecular formula is C21H22N4O3. The van der Waals surface area contributed by atoms with Gasteiger partial charge in [0.15, 0.2) is 0 Å². The van der Waals surface area contributed by atoms with Gasteiger partial charge in [-0.25, -0.2) is 4.98 Å². The number of aromatic nitrogens is 3. The van der Waals surface area contributed by atoms with E-state index in [1.165, 1.54) is 16.5 Å². The predicted molar refractivity (Wildman–Crippen MR) is 105 cm³/mol. The first kappa shape index (κ1) is 18.3. The molecule has 0 aliphatic carbocycles. The molecule has 7 nitrogen and oxygen atoms in total. The molecule has 0 saturated carbocycles. The molecule has 1 N–H and O–H groups in total. The fourth-order valence-corrected chi connectivity index (χ4v) is 3.55. The van der Waals surface area contributed by atoms with Crippen molar-refractivity contribution in [1.29, 1.82) is 0 Å². The highest BCUT2D eigenvalue weighted by atomic mass is 16.5. The Morgan fingerprint density at radius 3 is 2.86 bits per heavy atom. The number of carbonyl (C=O) groups excluding carboxylic acids is 1. The van der Waals surface area contributed by atoms with Crippen molar-refractivity contribution in [3.05, 3.63) is 71.0 Å². The maximum atomic E-state index is 12.5.